The summed E-state index contributed by atoms with van der Waals surface area (Å²) in [5, 5.41) is 14.0. The van der Waals surface area contributed by atoms with Gasteiger partial charge in [0.25, 0.3) is 0 Å². The van der Waals surface area contributed by atoms with Crippen molar-refractivity contribution in [2.24, 2.45) is 7.05 Å². The zero-order valence-electron chi connectivity index (χ0n) is 9.88. The van der Waals surface area contributed by atoms with E-state index >= 15 is 0 Å². The Bertz CT molecular complexity index is 587. The lowest BCUT2D eigenvalue weighted by Crippen LogP contribution is -2.15. The number of aryl methyl sites for hydroxylation is 1. The number of hydrogen-bond donors (Lipinski definition) is 2. The lowest BCUT2D eigenvalue weighted by atomic mass is 10.1. The van der Waals surface area contributed by atoms with Crippen molar-refractivity contribution < 1.29 is 14.6 Å². The second-order valence-electron chi connectivity index (χ2n) is 4.10. The Kier molecular flexibility index (Phi) is 2.29. The van der Waals surface area contributed by atoms with E-state index in [-0.39, 0.29) is 5.75 Å². The zero-order chi connectivity index (χ0) is 12.7. The molecule has 0 fully saturated rings. The van der Waals surface area contributed by atoms with Crippen molar-refractivity contribution in [1.29, 1.82) is 0 Å². The fraction of sp³-hybridized carbons (Fsp3) is 0.250. The van der Waals surface area contributed by atoms with E-state index in [0.29, 0.717) is 41.8 Å². The van der Waals surface area contributed by atoms with Gasteiger partial charge < -0.3 is 20.3 Å². The fourth-order valence-electron chi connectivity index (χ4n) is 1.94. The minimum atomic E-state index is 0.110. The van der Waals surface area contributed by atoms with E-state index in [1.165, 1.54) is 6.07 Å². The summed E-state index contributed by atoms with van der Waals surface area (Å²) < 4.78 is 12.6. The molecule has 0 aliphatic carbocycles. The first-order valence-electron chi connectivity index (χ1n) is 5.57. The van der Waals surface area contributed by atoms with Crippen molar-refractivity contribution in [3.05, 3.63) is 18.2 Å². The standard InChI is InChI=1S/C12H13N3O3/c1-15-11(13)6-9(14-15)8-4-7(16)5-10-12(8)18-3-2-17-10/h4-6,16H,2-3,13H2,1H3. The molecule has 0 atom stereocenters. The molecule has 18 heavy (non-hydrogen) atoms. The number of phenols is 1. The Balaban J connectivity index is 2.19. The van der Waals surface area contributed by atoms with Crippen LogP contribution >= 0.6 is 0 Å². The molecule has 2 heterocycles. The van der Waals surface area contributed by atoms with Gasteiger partial charge in [0, 0.05) is 19.2 Å². The summed E-state index contributed by atoms with van der Waals surface area (Å²) in [6.45, 7) is 0.952. The third-order valence-corrected chi connectivity index (χ3v) is 2.82. The average molecular weight is 247 g/mol. The van der Waals surface area contributed by atoms with E-state index in [1.54, 1.807) is 23.9 Å². The second-order valence-corrected chi connectivity index (χ2v) is 4.10. The van der Waals surface area contributed by atoms with Crippen LogP contribution in [0.2, 0.25) is 0 Å². The molecule has 0 bridgehead atoms. The van der Waals surface area contributed by atoms with Gasteiger partial charge in [0.15, 0.2) is 11.5 Å². The highest BCUT2D eigenvalue weighted by Crippen LogP contribution is 2.42. The highest BCUT2D eigenvalue weighted by Gasteiger charge is 2.20. The molecule has 1 aliphatic heterocycles. The molecule has 3 N–H and O–H groups in total. The molecule has 0 radical (unpaired) electrons. The van der Waals surface area contributed by atoms with Gasteiger partial charge in [-0.3, -0.25) is 4.68 Å². The van der Waals surface area contributed by atoms with Crippen molar-refractivity contribution in [3.8, 4) is 28.5 Å². The summed E-state index contributed by atoms with van der Waals surface area (Å²) >= 11 is 0. The number of phenolic OH excluding ortho intramolecular Hbond substituents is 1. The molecular weight excluding hydrogens is 234 g/mol. The van der Waals surface area contributed by atoms with Gasteiger partial charge in [-0.25, -0.2) is 0 Å². The van der Waals surface area contributed by atoms with Gasteiger partial charge >= 0.3 is 0 Å². The Morgan fingerprint density at radius 2 is 2.06 bits per heavy atom. The van der Waals surface area contributed by atoms with Gasteiger partial charge in [-0.05, 0) is 6.07 Å². The van der Waals surface area contributed by atoms with Gasteiger partial charge in [-0.15, -0.1) is 0 Å². The van der Waals surface area contributed by atoms with Gasteiger partial charge in [0.1, 0.15) is 24.8 Å². The van der Waals surface area contributed by atoms with E-state index < -0.39 is 0 Å². The third kappa shape index (κ3) is 1.62. The second kappa shape index (κ2) is 3.83. The molecule has 1 aromatic carbocycles. The number of nitrogen functional groups attached to an aromatic ring is 1. The lowest BCUT2D eigenvalue weighted by Gasteiger charge is -2.20. The number of benzene rings is 1. The monoisotopic (exact) mass is 247 g/mol. The average Bonchev–Trinajstić information content (AvgIpc) is 2.68. The first-order chi connectivity index (χ1) is 8.65. The number of aromatic nitrogens is 2. The van der Waals surface area contributed by atoms with Gasteiger partial charge in [-0.1, -0.05) is 0 Å². The van der Waals surface area contributed by atoms with Crippen LogP contribution in [-0.4, -0.2) is 28.1 Å². The zero-order valence-corrected chi connectivity index (χ0v) is 9.88. The summed E-state index contributed by atoms with van der Waals surface area (Å²) in [7, 11) is 1.76. The van der Waals surface area contributed by atoms with E-state index in [1.807, 2.05) is 0 Å². The number of nitrogens with two attached hydrogens (primary N) is 1. The molecule has 6 nitrogen and oxygen atoms in total. The minimum absolute atomic E-state index is 0.110. The Morgan fingerprint density at radius 1 is 1.28 bits per heavy atom. The summed E-state index contributed by atoms with van der Waals surface area (Å²) in [5.74, 6) is 1.77. The van der Waals surface area contributed by atoms with Crippen LogP contribution in [0.15, 0.2) is 18.2 Å². The molecule has 3 rings (SSSR count). The molecule has 1 aromatic heterocycles. The SMILES string of the molecule is Cn1nc(-c2cc(O)cc3c2OCCO3)cc1N. The molecule has 2 aromatic rings. The van der Waals surface area contributed by atoms with Crippen LogP contribution in [0.4, 0.5) is 5.82 Å². The van der Waals surface area contributed by atoms with Crippen molar-refractivity contribution in [2.75, 3.05) is 18.9 Å². The third-order valence-electron chi connectivity index (χ3n) is 2.82. The van der Waals surface area contributed by atoms with Crippen LogP contribution in [0.25, 0.3) is 11.3 Å². The molecule has 0 unspecified atom stereocenters. The van der Waals surface area contributed by atoms with Crippen LogP contribution in [-0.2, 0) is 7.05 Å². The summed E-state index contributed by atoms with van der Waals surface area (Å²) in [6, 6.07) is 4.85. The highest BCUT2D eigenvalue weighted by molar-refractivity contribution is 5.74. The topological polar surface area (TPSA) is 82.5 Å². The van der Waals surface area contributed by atoms with Gasteiger partial charge in [0.05, 0.1) is 11.3 Å². The van der Waals surface area contributed by atoms with Gasteiger partial charge in [-0.2, -0.15) is 5.10 Å². The Labute approximate surface area is 104 Å². The Morgan fingerprint density at radius 3 is 2.78 bits per heavy atom. The summed E-state index contributed by atoms with van der Waals surface area (Å²) in [4.78, 5) is 0. The molecule has 0 saturated carbocycles. The molecule has 0 amide bonds. The maximum Gasteiger partial charge on any atom is 0.171 e. The van der Waals surface area contributed by atoms with Crippen LogP contribution < -0.4 is 15.2 Å². The quantitative estimate of drug-likeness (QED) is 0.789. The largest absolute Gasteiger partial charge is 0.508 e. The number of nitrogens with zero attached hydrogens (tertiary/aromatic N) is 2. The number of hydrogen-bond acceptors (Lipinski definition) is 5. The van der Waals surface area contributed by atoms with E-state index in [0.717, 1.165) is 0 Å². The number of aromatic hydroxyl groups is 1. The van der Waals surface area contributed by atoms with E-state index in [9.17, 15) is 5.11 Å². The highest BCUT2D eigenvalue weighted by atomic mass is 16.6. The van der Waals surface area contributed by atoms with Crippen LogP contribution in [0.3, 0.4) is 0 Å². The Hall–Kier alpha value is -2.37. The number of rotatable bonds is 1. The van der Waals surface area contributed by atoms with Crippen LogP contribution in [0.1, 0.15) is 0 Å². The first kappa shape index (κ1) is 10.8. The summed E-state index contributed by atoms with van der Waals surface area (Å²) in [5.41, 5.74) is 7.08. The molecule has 1 aliphatic rings. The first-order valence-corrected chi connectivity index (χ1v) is 5.57. The predicted octanol–water partition coefficient (Wildman–Crippen LogP) is 1.15. The molecule has 0 saturated heterocycles. The van der Waals surface area contributed by atoms with Crippen molar-refractivity contribution in [2.45, 2.75) is 0 Å². The molecule has 94 valence electrons. The lowest BCUT2D eigenvalue weighted by molar-refractivity contribution is 0.171. The van der Waals surface area contributed by atoms with Crippen molar-refractivity contribution >= 4 is 5.82 Å². The fourth-order valence-corrected chi connectivity index (χ4v) is 1.94. The summed E-state index contributed by atoms with van der Waals surface area (Å²) in [6.07, 6.45) is 0. The minimum Gasteiger partial charge on any atom is -0.508 e. The van der Waals surface area contributed by atoms with Crippen LogP contribution in [0.5, 0.6) is 17.2 Å². The van der Waals surface area contributed by atoms with Crippen molar-refractivity contribution in [1.82, 2.24) is 9.78 Å². The number of ether oxygens (including phenoxy) is 2. The molecule has 6 heteroatoms. The predicted molar refractivity (Wildman–Crippen MR) is 65.7 cm³/mol. The number of fused-ring (bicyclic) bond motifs is 1. The molecule has 0 spiro atoms. The van der Waals surface area contributed by atoms with Crippen LogP contribution in [0, 0.1) is 0 Å². The van der Waals surface area contributed by atoms with E-state index in [2.05, 4.69) is 5.10 Å². The maximum atomic E-state index is 9.71. The maximum absolute atomic E-state index is 9.71. The number of anilines is 1. The van der Waals surface area contributed by atoms with Crippen molar-refractivity contribution in [3.63, 3.8) is 0 Å². The normalized spacial score (nSPS) is 13.6. The van der Waals surface area contributed by atoms with E-state index in [4.69, 9.17) is 15.2 Å². The molecular formula is C12H13N3O3. The van der Waals surface area contributed by atoms with Gasteiger partial charge in [0.2, 0.25) is 0 Å². The smallest absolute Gasteiger partial charge is 0.171 e.